The second-order valence-corrected chi connectivity index (χ2v) is 3.89. The van der Waals surface area contributed by atoms with E-state index in [-0.39, 0.29) is 25.9 Å². The van der Waals surface area contributed by atoms with Crippen LogP contribution >= 0.6 is 0 Å². The minimum absolute atomic E-state index is 0.140. The number of ether oxygens (including phenoxy) is 3. The van der Waals surface area contributed by atoms with E-state index in [0.717, 1.165) is 0 Å². The zero-order valence-electron chi connectivity index (χ0n) is 10.0. The number of amides is 1. The highest BCUT2D eigenvalue weighted by Gasteiger charge is 2.16. The van der Waals surface area contributed by atoms with E-state index in [1.807, 2.05) is 0 Å². The molecular formula is C12H15NO5. The maximum absolute atomic E-state index is 11.8. The Morgan fingerprint density at radius 1 is 1.50 bits per heavy atom. The zero-order chi connectivity index (χ0) is 13.0. The number of methoxy groups -OCH3 is 1. The van der Waals surface area contributed by atoms with Gasteiger partial charge in [0.2, 0.25) is 6.79 Å². The molecule has 0 saturated heterocycles. The molecule has 6 nitrogen and oxygen atoms in total. The van der Waals surface area contributed by atoms with Gasteiger partial charge in [-0.3, -0.25) is 4.79 Å². The van der Waals surface area contributed by atoms with Gasteiger partial charge in [-0.1, -0.05) is 0 Å². The fourth-order valence-electron chi connectivity index (χ4n) is 1.60. The van der Waals surface area contributed by atoms with Crippen molar-refractivity contribution in [3.05, 3.63) is 23.8 Å². The summed E-state index contributed by atoms with van der Waals surface area (Å²) in [6.45, 7) is 0.496. The van der Waals surface area contributed by atoms with E-state index >= 15 is 0 Å². The quantitative estimate of drug-likeness (QED) is 0.781. The third-order valence-corrected chi connectivity index (χ3v) is 2.49. The number of fused-ring (bicyclic) bond motifs is 1. The molecule has 0 radical (unpaired) electrons. The molecule has 6 heteroatoms. The second-order valence-electron chi connectivity index (χ2n) is 3.89. The average Bonchev–Trinajstić information content (AvgIpc) is 2.83. The largest absolute Gasteiger partial charge is 0.454 e. The number of carbonyl (C=O) groups excluding carboxylic acids is 1. The molecule has 2 N–H and O–H groups in total. The Hall–Kier alpha value is -1.79. The standard InChI is InChI=1S/C12H15NO5/c1-16-6-9(14)5-13-12(15)8-2-3-10-11(4-8)18-7-17-10/h2-4,9,14H,5-7H2,1H3,(H,13,15). The van der Waals surface area contributed by atoms with Crippen molar-refractivity contribution in [2.75, 3.05) is 27.1 Å². The lowest BCUT2D eigenvalue weighted by atomic mass is 10.2. The van der Waals surface area contributed by atoms with Crippen molar-refractivity contribution < 1.29 is 24.1 Å². The molecule has 0 aliphatic carbocycles. The van der Waals surface area contributed by atoms with Gasteiger partial charge >= 0.3 is 0 Å². The highest BCUT2D eigenvalue weighted by atomic mass is 16.7. The molecule has 0 bridgehead atoms. The number of aliphatic hydroxyl groups excluding tert-OH is 1. The first-order valence-corrected chi connectivity index (χ1v) is 5.55. The average molecular weight is 253 g/mol. The SMILES string of the molecule is COCC(O)CNC(=O)c1ccc2c(c1)OCO2. The van der Waals surface area contributed by atoms with Gasteiger partial charge in [-0.05, 0) is 18.2 Å². The first kappa shape index (κ1) is 12.7. The Kier molecular flexibility index (Phi) is 4.01. The van der Waals surface area contributed by atoms with Crippen LogP contribution in [0.25, 0.3) is 0 Å². The molecule has 1 amide bonds. The molecule has 1 aliphatic rings. The number of rotatable bonds is 5. The van der Waals surface area contributed by atoms with Crippen LogP contribution in [0.15, 0.2) is 18.2 Å². The van der Waals surface area contributed by atoms with Crippen molar-refractivity contribution >= 4 is 5.91 Å². The monoisotopic (exact) mass is 253 g/mol. The van der Waals surface area contributed by atoms with Gasteiger partial charge in [0.05, 0.1) is 12.7 Å². The van der Waals surface area contributed by atoms with E-state index in [2.05, 4.69) is 5.32 Å². The molecular weight excluding hydrogens is 238 g/mol. The number of aliphatic hydroxyl groups is 1. The lowest BCUT2D eigenvalue weighted by Gasteiger charge is -2.10. The summed E-state index contributed by atoms with van der Waals surface area (Å²) in [6.07, 6.45) is -0.715. The van der Waals surface area contributed by atoms with Crippen molar-refractivity contribution in [2.45, 2.75) is 6.10 Å². The molecule has 1 heterocycles. The van der Waals surface area contributed by atoms with Crippen molar-refractivity contribution in [2.24, 2.45) is 0 Å². The van der Waals surface area contributed by atoms with Crippen LogP contribution in [-0.2, 0) is 4.74 Å². The van der Waals surface area contributed by atoms with E-state index in [9.17, 15) is 9.90 Å². The van der Waals surface area contributed by atoms with Crippen LogP contribution < -0.4 is 14.8 Å². The predicted molar refractivity (Wildman–Crippen MR) is 62.8 cm³/mol. The highest BCUT2D eigenvalue weighted by Crippen LogP contribution is 2.32. The lowest BCUT2D eigenvalue weighted by Crippen LogP contribution is -2.34. The molecule has 0 aromatic heterocycles. The molecule has 2 rings (SSSR count). The molecule has 1 atom stereocenters. The van der Waals surface area contributed by atoms with Gasteiger partial charge in [-0.2, -0.15) is 0 Å². The van der Waals surface area contributed by atoms with Crippen molar-refractivity contribution in [3.63, 3.8) is 0 Å². The number of hydrogen-bond acceptors (Lipinski definition) is 5. The van der Waals surface area contributed by atoms with Crippen molar-refractivity contribution in [1.29, 1.82) is 0 Å². The summed E-state index contributed by atoms with van der Waals surface area (Å²) < 4.78 is 15.1. The Morgan fingerprint density at radius 3 is 3.06 bits per heavy atom. The van der Waals surface area contributed by atoms with Gasteiger partial charge in [0.25, 0.3) is 5.91 Å². The summed E-state index contributed by atoms with van der Waals surface area (Å²) >= 11 is 0. The first-order chi connectivity index (χ1) is 8.70. The van der Waals surface area contributed by atoms with Crippen LogP contribution in [0.2, 0.25) is 0 Å². The summed E-state index contributed by atoms with van der Waals surface area (Å²) in [4.78, 5) is 11.8. The molecule has 1 unspecified atom stereocenters. The van der Waals surface area contributed by atoms with Crippen molar-refractivity contribution in [1.82, 2.24) is 5.32 Å². The fourth-order valence-corrected chi connectivity index (χ4v) is 1.60. The van der Waals surface area contributed by atoms with E-state index < -0.39 is 6.10 Å². The van der Waals surface area contributed by atoms with Crippen LogP contribution in [0.5, 0.6) is 11.5 Å². The molecule has 1 aromatic carbocycles. The van der Waals surface area contributed by atoms with Crippen molar-refractivity contribution in [3.8, 4) is 11.5 Å². The molecule has 18 heavy (non-hydrogen) atoms. The summed E-state index contributed by atoms with van der Waals surface area (Å²) in [6, 6.07) is 4.94. The smallest absolute Gasteiger partial charge is 0.251 e. The zero-order valence-corrected chi connectivity index (χ0v) is 10.0. The van der Waals surface area contributed by atoms with E-state index in [0.29, 0.717) is 17.1 Å². The predicted octanol–water partition coefficient (Wildman–Crippen LogP) is 0.152. The Bertz CT molecular complexity index is 434. The van der Waals surface area contributed by atoms with Gasteiger partial charge in [0.1, 0.15) is 0 Å². The summed E-state index contributed by atoms with van der Waals surface area (Å²) in [5.41, 5.74) is 0.462. The maximum Gasteiger partial charge on any atom is 0.251 e. The summed E-state index contributed by atoms with van der Waals surface area (Å²) in [5, 5.41) is 12.0. The van der Waals surface area contributed by atoms with E-state index in [1.54, 1.807) is 18.2 Å². The van der Waals surface area contributed by atoms with Gasteiger partial charge in [0, 0.05) is 19.2 Å². The van der Waals surface area contributed by atoms with Gasteiger partial charge < -0.3 is 24.6 Å². The summed E-state index contributed by atoms with van der Waals surface area (Å²) in [7, 11) is 1.49. The summed E-state index contributed by atoms with van der Waals surface area (Å²) in [5.74, 6) is 0.912. The van der Waals surface area contributed by atoms with Crippen LogP contribution in [0.4, 0.5) is 0 Å². The molecule has 0 saturated carbocycles. The lowest BCUT2D eigenvalue weighted by molar-refractivity contribution is 0.0609. The molecule has 98 valence electrons. The first-order valence-electron chi connectivity index (χ1n) is 5.55. The van der Waals surface area contributed by atoms with Crippen LogP contribution in [0.1, 0.15) is 10.4 Å². The topological polar surface area (TPSA) is 77.0 Å². The minimum atomic E-state index is -0.715. The maximum atomic E-state index is 11.8. The third-order valence-electron chi connectivity index (χ3n) is 2.49. The third kappa shape index (κ3) is 2.91. The normalized spacial score (nSPS) is 14.3. The van der Waals surface area contributed by atoms with E-state index in [1.165, 1.54) is 7.11 Å². The molecule has 0 fully saturated rings. The fraction of sp³-hybridized carbons (Fsp3) is 0.417. The molecule has 1 aromatic rings. The van der Waals surface area contributed by atoms with Gasteiger partial charge in [0.15, 0.2) is 11.5 Å². The van der Waals surface area contributed by atoms with Gasteiger partial charge in [-0.25, -0.2) is 0 Å². The number of carbonyl (C=O) groups is 1. The van der Waals surface area contributed by atoms with Crippen LogP contribution in [-0.4, -0.2) is 44.2 Å². The molecule has 1 aliphatic heterocycles. The number of nitrogens with one attached hydrogen (secondary N) is 1. The van der Waals surface area contributed by atoms with Crippen LogP contribution in [0.3, 0.4) is 0 Å². The molecule has 0 spiro atoms. The minimum Gasteiger partial charge on any atom is -0.454 e. The highest BCUT2D eigenvalue weighted by molar-refractivity contribution is 5.94. The number of benzene rings is 1. The van der Waals surface area contributed by atoms with E-state index in [4.69, 9.17) is 14.2 Å². The van der Waals surface area contributed by atoms with Gasteiger partial charge in [-0.15, -0.1) is 0 Å². The van der Waals surface area contributed by atoms with Crippen LogP contribution in [0, 0.1) is 0 Å². The second kappa shape index (κ2) is 5.70. The number of hydrogen-bond donors (Lipinski definition) is 2. The Morgan fingerprint density at radius 2 is 2.28 bits per heavy atom. The Labute approximate surface area is 104 Å². The Balaban J connectivity index is 1.93.